The monoisotopic (exact) mass is 232 g/mol. The van der Waals surface area contributed by atoms with Crippen LogP contribution in [0.5, 0.6) is 0 Å². The van der Waals surface area contributed by atoms with Crippen LogP contribution in [-0.2, 0) is 0 Å². The number of hydrogen-bond acceptors (Lipinski definition) is 2. The molecule has 1 unspecified atom stereocenters. The molecule has 1 aromatic heterocycles. The van der Waals surface area contributed by atoms with Gasteiger partial charge in [-0.05, 0) is 25.1 Å². The molecule has 1 atom stereocenters. The van der Waals surface area contributed by atoms with E-state index in [0.29, 0.717) is 10.9 Å². The van der Waals surface area contributed by atoms with Crippen molar-refractivity contribution >= 4 is 10.9 Å². The van der Waals surface area contributed by atoms with E-state index in [9.17, 15) is 9.18 Å². The third kappa shape index (κ3) is 1.65. The van der Waals surface area contributed by atoms with Crippen molar-refractivity contribution in [3.8, 4) is 0 Å². The number of pyridine rings is 1. The molecule has 4 heteroatoms. The number of rotatable bonds is 1. The summed E-state index contributed by atoms with van der Waals surface area (Å²) in [4.78, 5) is 15.2. The lowest BCUT2D eigenvalue weighted by Gasteiger charge is -2.09. The van der Waals surface area contributed by atoms with E-state index in [1.807, 2.05) is 0 Å². The summed E-state index contributed by atoms with van der Waals surface area (Å²) < 4.78 is 13.5. The fourth-order valence-electron chi connectivity index (χ4n) is 2.45. The number of para-hydroxylation sites is 1. The Balaban J connectivity index is 2.22. The van der Waals surface area contributed by atoms with Crippen LogP contribution in [0.4, 0.5) is 4.39 Å². The summed E-state index contributed by atoms with van der Waals surface area (Å²) in [6, 6.07) is 4.60. The third-order valence-electron chi connectivity index (χ3n) is 3.39. The Hall–Kier alpha value is -1.68. The lowest BCUT2D eigenvalue weighted by atomic mass is 9.98. The standard InChI is InChI=1S/C13H13FN2O/c14-11-3-1-2-9-12(11)16-7-10(13(9)17)8-4-5-15-6-8/h1-3,7-8,15H,4-6H2,(H,16,17). The fraction of sp³-hybridized carbons (Fsp3) is 0.308. The van der Waals surface area contributed by atoms with Gasteiger partial charge in [0.1, 0.15) is 5.82 Å². The minimum Gasteiger partial charge on any atom is -0.358 e. The SMILES string of the molecule is O=c1c(C2CCNC2)c[nH]c2c(F)cccc12. The van der Waals surface area contributed by atoms with Crippen molar-refractivity contribution in [2.24, 2.45) is 0 Å². The first kappa shape index (κ1) is 10.5. The van der Waals surface area contributed by atoms with Crippen molar-refractivity contribution in [3.05, 3.63) is 46.0 Å². The highest BCUT2D eigenvalue weighted by molar-refractivity contribution is 5.79. The first-order valence-electron chi connectivity index (χ1n) is 5.78. The van der Waals surface area contributed by atoms with E-state index in [1.165, 1.54) is 6.07 Å². The van der Waals surface area contributed by atoms with Gasteiger partial charge in [-0.15, -0.1) is 0 Å². The third-order valence-corrected chi connectivity index (χ3v) is 3.39. The quantitative estimate of drug-likeness (QED) is 0.786. The Labute approximate surface area is 97.7 Å². The zero-order chi connectivity index (χ0) is 11.8. The maximum atomic E-state index is 13.5. The van der Waals surface area contributed by atoms with Crippen molar-refractivity contribution in [2.45, 2.75) is 12.3 Å². The Bertz CT molecular complexity index is 614. The zero-order valence-electron chi connectivity index (χ0n) is 9.29. The molecule has 0 aliphatic carbocycles. The molecule has 2 aromatic rings. The Morgan fingerprint density at radius 2 is 2.24 bits per heavy atom. The molecule has 0 saturated carbocycles. The molecule has 3 nitrogen and oxygen atoms in total. The van der Waals surface area contributed by atoms with Gasteiger partial charge < -0.3 is 10.3 Å². The summed E-state index contributed by atoms with van der Waals surface area (Å²) in [7, 11) is 0. The van der Waals surface area contributed by atoms with Crippen molar-refractivity contribution in [1.29, 1.82) is 0 Å². The van der Waals surface area contributed by atoms with Gasteiger partial charge in [-0.1, -0.05) is 6.07 Å². The highest BCUT2D eigenvalue weighted by Crippen LogP contribution is 2.21. The van der Waals surface area contributed by atoms with Crippen LogP contribution >= 0.6 is 0 Å². The Morgan fingerprint density at radius 1 is 1.35 bits per heavy atom. The van der Waals surface area contributed by atoms with E-state index in [0.717, 1.165) is 25.1 Å². The average Bonchev–Trinajstić information content (AvgIpc) is 2.84. The van der Waals surface area contributed by atoms with Crippen LogP contribution in [0.2, 0.25) is 0 Å². The van der Waals surface area contributed by atoms with Gasteiger partial charge in [0, 0.05) is 29.6 Å². The highest BCUT2D eigenvalue weighted by Gasteiger charge is 2.20. The minimum atomic E-state index is -0.379. The number of benzene rings is 1. The molecule has 2 heterocycles. The fourth-order valence-corrected chi connectivity index (χ4v) is 2.45. The van der Waals surface area contributed by atoms with Crippen LogP contribution in [-0.4, -0.2) is 18.1 Å². The Kier molecular flexibility index (Phi) is 2.44. The second kappa shape index (κ2) is 3.96. The predicted octanol–water partition coefficient (Wildman–Crippen LogP) is 1.74. The van der Waals surface area contributed by atoms with Crippen LogP contribution < -0.4 is 10.7 Å². The smallest absolute Gasteiger partial charge is 0.192 e. The molecule has 1 saturated heterocycles. The second-order valence-corrected chi connectivity index (χ2v) is 4.43. The largest absolute Gasteiger partial charge is 0.358 e. The highest BCUT2D eigenvalue weighted by atomic mass is 19.1. The molecule has 3 rings (SSSR count). The molecule has 1 aliphatic heterocycles. The summed E-state index contributed by atoms with van der Waals surface area (Å²) in [5, 5.41) is 3.67. The van der Waals surface area contributed by atoms with Gasteiger partial charge in [0.05, 0.1) is 5.52 Å². The van der Waals surface area contributed by atoms with Crippen molar-refractivity contribution in [3.63, 3.8) is 0 Å². The molecule has 0 bridgehead atoms. The van der Waals surface area contributed by atoms with Gasteiger partial charge in [0.25, 0.3) is 0 Å². The molecule has 0 spiro atoms. The minimum absolute atomic E-state index is 0.0491. The second-order valence-electron chi connectivity index (χ2n) is 4.43. The number of halogens is 1. The first-order valence-corrected chi connectivity index (χ1v) is 5.78. The van der Waals surface area contributed by atoms with Crippen LogP contribution in [0.25, 0.3) is 10.9 Å². The molecule has 0 radical (unpaired) electrons. The lowest BCUT2D eigenvalue weighted by Crippen LogP contribution is -2.17. The van der Waals surface area contributed by atoms with E-state index < -0.39 is 0 Å². The van der Waals surface area contributed by atoms with E-state index in [1.54, 1.807) is 18.3 Å². The van der Waals surface area contributed by atoms with Crippen molar-refractivity contribution < 1.29 is 4.39 Å². The molecule has 1 aromatic carbocycles. The normalized spacial score (nSPS) is 19.9. The van der Waals surface area contributed by atoms with Gasteiger partial charge >= 0.3 is 0 Å². The first-order chi connectivity index (χ1) is 8.27. The molecule has 1 fully saturated rings. The number of aromatic amines is 1. The molecule has 88 valence electrons. The lowest BCUT2D eigenvalue weighted by molar-refractivity contribution is 0.636. The molecule has 1 aliphatic rings. The summed E-state index contributed by atoms with van der Waals surface area (Å²) in [6.45, 7) is 1.76. The van der Waals surface area contributed by atoms with Crippen LogP contribution in [0.3, 0.4) is 0 Å². The van der Waals surface area contributed by atoms with E-state index in [-0.39, 0.29) is 17.2 Å². The topological polar surface area (TPSA) is 44.9 Å². The number of H-pyrrole nitrogens is 1. The van der Waals surface area contributed by atoms with Gasteiger partial charge in [-0.3, -0.25) is 4.79 Å². The molecule has 0 amide bonds. The van der Waals surface area contributed by atoms with Gasteiger partial charge in [0.2, 0.25) is 0 Å². The molecule has 17 heavy (non-hydrogen) atoms. The van der Waals surface area contributed by atoms with E-state index >= 15 is 0 Å². The van der Waals surface area contributed by atoms with Crippen LogP contribution in [0.15, 0.2) is 29.2 Å². The maximum absolute atomic E-state index is 13.5. The van der Waals surface area contributed by atoms with Crippen LogP contribution in [0.1, 0.15) is 17.9 Å². The van der Waals surface area contributed by atoms with Crippen LogP contribution in [0, 0.1) is 5.82 Å². The number of fused-ring (bicyclic) bond motifs is 1. The average molecular weight is 232 g/mol. The Morgan fingerprint density at radius 3 is 3.00 bits per heavy atom. The number of aromatic nitrogens is 1. The number of nitrogens with one attached hydrogen (secondary N) is 2. The summed E-state index contributed by atoms with van der Waals surface area (Å²) in [5.41, 5.74) is 1.01. The van der Waals surface area contributed by atoms with Crippen molar-refractivity contribution in [1.82, 2.24) is 10.3 Å². The molecular weight excluding hydrogens is 219 g/mol. The van der Waals surface area contributed by atoms with Crippen molar-refractivity contribution in [2.75, 3.05) is 13.1 Å². The van der Waals surface area contributed by atoms with Gasteiger partial charge in [-0.25, -0.2) is 4.39 Å². The summed E-state index contributed by atoms with van der Waals surface area (Å²) >= 11 is 0. The van der Waals surface area contributed by atoms with Gasteiger partial charge in [-0.2, -0.15) is 0 Å². The van der Waals surface area contributed by atoms with Gasteiger partial charge in [0.15, 0.2) is 5.43 Å². The molecular formula is C13H13FN2O. The van der Waals surface area contributed by atoms with E-state index in [4.69, 9.17) is 0 Å². The maximum Gasteiger partial charge on any atom is 0.192 e. The summed E-state index contributed by atoms with van der Waals surface area (Å²) in [5.74, 6) is -0.137. The molecule has 2 N–H and O–H groups in total. The van der Waals surface area contributed by atoms with E-state index in [2.05, 4.69) is 10.3 Å². The number of hydrogen-bond donors (Lipinski definition) is 2. The predicted molar refractivity (Wildman–Crippen MR) is 64.8 cm³/mol. The summed E-state index contributed by atoms with van der Waals surface area (Å²) in [6.07, 6.45) is 2.62. The zero-order valence-corrected chi connectivity index (χ0v) is 9.29.